The van der Waals surface area contributed by atoms with Crippen LogP contribution in [0.2, 0.25) is 0 Å². The summed E-state index contributed by atoms with van der Waals surface area (Å²) in [6.45, 7) is 3.99. The van der Waals surface area contributed by atoms with Crippen molar-refractivity contribution in [1.82, 2.24) is 15.0 Å². The fraction of sp³-hybridized carbons (Fsp3) is 0.192. The van der Waals surface area contributed by atoms with E-state index in [0.717, 1.165) is 61.9 Å². The first kappa shape index (κ1) is 21.7. The number of aryl methyl sites for hydroxylation is 1. The molecule has 1 aliphatic rings. The van der Waals surface area contributed by atoms with E-state index in [1.54, 1.807) is 24.5 Å². The molecule has 4 heterocycles. The molecular weight excluding hydrogens is 444 g/mol. The first-order valence-corrected chi connectivity index (χ1v) is 11.7. The van der Waals surface area contributed by atoms with Crippen molar-refractivity contribution in [2.75, 3.05) is 12.4 Å². The van der Waals surface area contributed by atoms with E-state index in [4.69, 9.17) is 14.7 Å². The standard InChI is InChI=1S/C26H22N6OS/c1-15-10-22-24(28-15)23(12-19(31-22)11-17-6-4-7-18(13-27)30-17)32-21-9-5-8-20(25(21)33-3)26-29-16(2)14-34-26/h4-9,12,14H,10-11H2,1-3H3,(H,31,32). The molecule has 8 heteroatoms. The van der Waals surface area contributed by atoms with Crippen LogP contribution < -0.4 is 10.1 Å². The Morgan fingerprint density at radius 1 is 1.06 bits per heavy atom. The molecule has 5 rings (SSSR count). The Labute approximate surface area is 201 Å². The van der Waals surface area contributed by atoms with Crippen LogP contribution in [0.4, 0.5) is 17.1 Å². The Morgan fingerprint density at radius 3 is 2.68 bits per heavy atom. The molecule has 0 spiro atoms. The van der Waals surface area contributed by atoms with Crippen LogP contribution in [0.15, 0.2) is 52.8 Å². The number of aromatic nitrogens is 3. The van der Waals surface area contributed by atoms with E-state index in [0.29, 0.717) is 18.5 Å². The topological polar surface area (TPSA) is 96.1 Å². The van der Waals surface area contributed by atoms with Crippen molar-refractivity contribution in [2.24, 2.45) is 4.99 Å². The number of nitrogens with zero attached hydrogens (tertiary/aromatic N) is 5. The number of anilines is 2. The molecule has 0 radical (unpaired) electrons. The van der Waals surface area contributed by atoms with Crippen LogP contribution >= 0.6 is 11.3 Å². The maximum atomic E-state index is 9.18. The summed E-state index contributed by atoms with van der Waals surface area (Å²) in [6, 6.07) is 15.5. The molecule has 7 nitrogen and oxygen atoms in total. The van der Waals surface area contributed by atoms with Crippen LogP contribution in [0.5, 0.6) is 5.75 Å². The third-order valence-electron chi connectivity index (χ3n) is 5.47. The van der Waals surface area contributed by atoms with Gasteiger partial charge in [-0.2, -0.15) is 5.26 Å². The van der Waals surface area contributed by atoms with Gasteiger partial charge in [0.25, 0.3) is 0 Å². The van der Waals surface area contributed by atoms with Crippen molar-refractivity contribution in [3.63, 3.8) is 0 Å². The summed E-state index contributed by atoms with van der Waals surface area (Å²) in [5.41, 5.74) is 8.46. The predicted octanol–water partition coefficient (Wildman–Crippen LogP) is 5.77. The summed E-state index contributed by atoms with van der Waals surface area (Å²) in [5, 5.41) is 15.7. The maximum absolute atomic E-state index is 9.18. The van der Waals surface area contributed by atoms with E-state index in [9.17, 15) is 5.26 Å². The lowest BCUT2D eigenvalue weighted by molar-refractivity contribution is 0.418. The predicted molar refractivity (Wildman–Crippen MR) is 135 cm³/mol. The molecule has 1 N–H and O–H groups in total. The van der Waals surface area contributed by atoms with Gasteiger partial charge in [-0.15, -0.1) is 11.3 Å². The molecule has 0 aliphatic carbocycles. The molecule has 4 aromatic rings. The number of fused-ring (bicyclic) bond motifs is 1. The van der Waals surface area contributed by atoms with Gasteiger partial charge in [-0.05, 0) is 44.2 Å². The molecule has 168 valence electrons. The number of ether oxygens (including phenoxy) is 1. The van der Waals surface area contributed by atoms with E-state index in [2.05, 4.69) is 21.4 Å². The largest absolute Gasteiger partial charge is 0.494 e. The number of para-hydroxylation sites is 1. The van der Waals surface area contributed by atoms with Gasteiger partial charge >= 0.3 is 0 Å². The number of nitriles is 1. The van der Waals surface area contributed by atoms with Crippen LogP contribution in [0.3, 0.4) is 0 Å². The average Bonchev–Trinajstić information content (AvgIpc) is 3.44. The van der Waals surface area contributed by atoms with Gasteiger partial charge in [-0.25, -0.2) is 9.97 Å². The van der Waals surface area contributed by atoms with Crippen molar-refractivity contribution < 1.29 is 4.74 Å². The van der Waals surface area contributed by atoms with Gasteiger partial charge in [0.15, 0.2) is 5.75 Å². The van der Waals surface area contributed by atoms with E-state index in [-0.39, 0.29) is 0 Å². The molecule has 0 saturated carbocycles. The molecule has 1 aromatic carbocycles. The van der Waals surface area contributed by atoms with Crippen LogP contribution in [-0.4, -0.2) is 27.8 Å². The van der Waals surface area contributed by atoms with Crippen LogP contribution in [0.1, 0.15) is 35.4 Å². The number of methoxy groups -OCH3 is 1. The molecule has 0 unspecified atom stereocenters. The molecule has 0 atom stereocenters. The summed E-state index contributed by atoms with van der Waals surface area (Å²) in [7, 11) is 1.67. The Hall–Kier alpha value is -4.09. The molecule has 3 aromatic heterocycles. The lowest BCUT2D eigenvalue weighted by atomic mass is 10.1. The van der Waals surface area contributed by atoms with E-state index >= 15 is 0 Å². The monoisotopic (exact) mass is 466 g/mol. The smallest absolute Gasteiger partial charge is 0.152 e. The first-order chi connectivity index (χ1) is 16.5. The minimum absolute atomic E-state index is 0.398. The summed E-state index contributed by atoms with van der Waals surface area (Å²) in [5.74, 6) is 0.728. The maximum Gasteiger partial charge on any atom is 0.152 e. The van der Waals surface area contributed by atoms with Crippen molar-refractivity contribution in [1.29, 1.82) is 5.26 Å². The van der Waals surface area contributed by atoms with Gasteiger partial charge in [0.05, 0.1) is 29.7 Å². The number of rotatable bonds is 6. The van der Waals surface area contributed by atoms with Gasteiger partial charge in [0.1, 0.15) is 22.5 Å². The van der Waals surface area contributed by atoms with Gasteiger partial charge in [0, 0.05) is 41.0 Å². The van der Waals surface area contributed by atoms with E-state index in [1.807, 2.05) is 55.6 Å². The Bertz CT molecular complexity index is 1470. The molecular formula is C26H22N6OS. The van der Waals surface area contributed by atoms with Crippen LogP contribution in [-0.2, 0) is 12.8 Å². The van der Waals surface area contributed by atoms with Crippen molar-refractivity contribution >= 4 is 34.1 Å². The highest BCUT2D eigenvalue weighted by Crippen LogP contribution is 2.42. The van der Waals surface area contributed by atoms with Crippen molar-refractivity contribution in [3.8, 4) is 22.4 Å². The highest BCUT2D eigenvalue weighted by Gasteiger charge is 2.21. The fourth-order valence-corrected chi connectivity index (χ4v) is 4.85. The van der Waals surface area contributed by atoms with Crippen molar-refractivity contribution in [3.05, 3.63) is 76.3 Å². The summed E-state index contributed by atoms with van der Waals surface area (Å²) >= 11 is 1.59. The molecule has 0 fully saturated rings. The van der Waals surface area contributed by atoms with Crippen LogP contribution in [0.25, 0.3) is 10.6 Å². The molecule has 1 aliphatic heterocycles. The Morgan fingerprint density at radius 2 is 1.91 bits per heavy atom. The zero-order valence-corrected chi connectivity index (χ0v) is 19.9. The number of pyridine rings is 2. The second-order valence-corrected chi connectivity index (χ2v) is 8.95. The average molecular weight is 467 g/mol. The summed E-state index contributed by atoms with van der Waals surface area (Å²) in [4.78, 5) is 18.6. The minimum atomic E-state index is 0.398. The quantitative estimate of drug-likeness (QED) is 0.387. The van der Waals surface area contributed by atoms with Gasteiger partial charge in [0.2, 0.25) is 0 Å². The number of thiazole rings is 1. The number of nitrogens with one attached hydrogen (secondary N) is 1. The van der Waals surface area contributed by atoms with Crippen molar-refractivity contribution in [2.45, 2.75) is 26.7 Å². The highest BCUT2D eigenvalue weighted by molar-refractivity contribution is 7.13. The number of hydrogen-bond acceptors (Lipinski definition) is 8. The number of aliphatic imine (C=N–C) groups is 1. The van der Waals surface area contributed by atoms with Gasteiger partial charge < -0.3 is 10.1 Å². The highest BCUT2D eigenvalue weighted by atomic mass is 32.1. The van der Waals surface area contributed by atoms with Crippen LogP contribution in [0, 0.1) is 18.3 Å². The molecule has 0 amide bonds. The number of benzene rings is 1. The lowest BCUT2D eigenvalue weighted by Crippen LogP contribution is -2.03. The van der Waals surface area contributed by atoms with E-state index in [1.165, 1.54) is 0 Å². The normalized spacial score (nSPS) is 12.1. The minimum Gasteiger partial charge on any atom is -0.494 e. The van der Waals surface area contributed by atoms with Gasteiger partial charge in [-0.1, -0.05) is 12.1 Å². The fourth-order valence-electron chi connectivity index (χ4n) is 4.03. The SMILES string of the molecule is COc1c(Nc2cc(Cc3cccc(C#N)n3)nc3c2N=C(C)C3)cccc1-c1nc(C)cs1. The Kier molecular flexibility index (Phi) is 5.78. The Balaban J connectivity index is 1.54. The molecule has 0 saturated heterocycles. The number of hydrogen-bond donors (Lipinski definition) is 1. The summed E-state index contributed by atoms with van der Waals surface area (Å²) in [6.07, 6.45) is 1.23. The zero-order chi connectivity index (χ0) is 23.7. The second kappa shape index (κ2) is 9.04. The van der Waals surface area contributed by atoms with E-state index < -0.39 is 0 Å². The lowest BCUT2D eigenvalue weighted by Gasteiger charge is -2.16. The first-order valence-electron chi connectivity index (χ1n) is 10.8. The summed E-state index contributed by atoms with van der Waals surface area (Å²) < 4.78 is 5.82. The zero-order valence-electron chi connectivity index (χ0n) is 19.1. The third-order valence-corrected chi connectivity index (χ3v) is 6.46. The molecule has 0 bridgehead atoms. The molecule has 34 heavy (non-hydrogen) atoms. The second-order valence-electron chi connectivity index (χ2n) is 8.09. The van der Waals surface area contributed by atoms with Gasteiger partial charge in [-0.3, -0.25) is 9.98 Å². The third kappa shape index (κ3) is 4.26.